The Morgan fingerprint density at radius 2 is 2.35 bits per heavy atom. The molecule has 1 saturated heterocycles. The molecule has 0 saturated carbocycles. The summed E-state index contributed by atoms with van der Waals surface area (Å²) in [5.74, 6) is 2.27. The molecule has 0 aliphatic carbocycles. The van der Waals surface area contributed by atoms with Crippen LogP contribution in [0.2, 0.25) is 0 Å². The molecule has 3 rings (SSSR count). The first-order chi connectivity index (χ1) is 9.76. The minimum atomic E-state index is 0.454. The van der Waals surface area contributed by atoms with Crippen LogP contribution in [0.5, 0.6) is 5.75 Å². The van der Waals surface area contributed by atoms with Crippen LogP contribution in [0.25, 0.3) is 11.5 Å². The first-order valence-corrected chi connectivity index (χ1v) is 6.60. The SMILES string of the molecule is COc1cc(N)ccc1-c1nc(CC2CCOC2)no1. The van der Waals surface area contributed by atoms with Crippen molar-refractivity contribution >= 4 is 5.69 Å². The number of rotatable bonds is 4. The van der Waals surface area contributed by atoms with E-state index in [-0.39, 0.29) is 0 Å². The fraction of sp³-hybridized carbons (Fsp3) is 0.429. The lowest BCUT2D eigenvalue weighted by molar-refractivity contribution is 0.185. The summed E-state index contributed by atoms with van der Waals surface area (Å²) < 4.78 is 16.0. The maximum absolute atomic E-state index is 5.73. The largest absolute Gasteiger partial charge is 0.496 e. The number of anilines is 1. The third-order valence-corrected chi connectivity index (χ3v) is 3.42. The molecule has 1 fully saturated rings. The topological polar surface area (TPSA) is 83.4 Å². The smallest absolute Gasteiger partial charge is 0.261 e. The zero-order valence-corrected chi connectivity index (χ0v) is 11.3. The lowest BCUT2D eigenvalue weighted by Crippen LogP contribution is -2.04. The molecule has 0 spiro atoms. The summed E-state index contributed by atoms with van der Waals surface area (Å²) in [5, 5.41) is 4.03. The molecule has 2 aromatic rings. The van der Waals surface area contributed by atoms with Gasteiger partial charge in [0.25, 0.3) is 5.89 Å². The lowest BCUT2D eigenvalue weighted by Gasteiger charge is -2.05. The molecule has 1 atom stereocenters. The molecule has 2 N–H and O–H groups in total. The van der Waals surface area contributed by atoms with E-state index in [4.69, 9.17) is 19.7 Å². The summed E-state index contributed by atoms with van der Waals surface area (Å²) in [6.07, 6.45) is 1.83. The number of hydrogen-bond acceptors (Lipinski definition) is 6. The molecule has 6 nitrogen and oxygen atoms in total. The number of aromatic nitrogens is 2. The highest BCUT2D eigenvalue weighted by Crippen LogP contribution is 2.30. The number of nitrogens with zero attached hydrogens (tertiary/aromatic N) is 2. The monoisotopic (exact) mass is 275 g/mol. The molecule has 1 aliphatic heterocycles. The normalized spacial score (nSPS) is 18.4. The van der Waals surface area contributed by atoms with Gasteiger partial charge >= 0.3 is 0 Å². The average molecular weight is 275 g/mol. The molecular formula is C14H17N3O3. The van der Waals surface area contributed by atoms with E-state index in [0.717, 1.165) is 31.6 Å². The summed E-state index contributed by atoms with van der Waals surface area (Å²) in [6.45, 7) is 1.59. The van der Waals surface area contributed by atoms with Crippen LogP contribution in [0.3, 0.4) is 0 Å². The van der Waals surface area contributed by atoms with Crippen LogP contribution < -0.4 is 10.5 Å². The molecule has 1 aliphatic rings. The average Bonchev–Trinajstić information content (AvgIpc) is 3.11. The predicted molar refractivity (Wildman–Crippen MR) is 73.3 cm³/mol. The van der Waals surface area contributed by atoms with E-state index >= 15 is 0 Å². The van der Waals surface area contributed by atoms with Crippen molar-refractivity contribution in [1.29, 1.82) is 0 Å². The Morgan fingerprint density at radius 3 is 3.10 bits per heavy atom. The van der Waals surface area contributed by atoms with Gasteiger partial charge in [-0.3, -0.25) is 0 Å². The molecule has 0 bridgehead atoms. The van der Waals surface area contributed by atoms with Crippen LogP contribution in [-0.2, 0) is 11.2 Å². The van der Waals surface area contributed by atoms with Crippen LogP contribution in [0, 0.1) is 5.92 Å². The van der Waals surface area contributed by atoms with Crippen LogP contribution in [0.4, 0.5) is 5.69 Å². The molecule has 0 radical (unpaired) electrons. The van der Waals surface area contributed by atoms with Crippen LogP contribution in [0.1, 0.15) is 12.2 Å². The first kappa shape index (κ1) is 12.9. The molecule has 0 amide bonds. The van der Waals surface area contributed by atoms with E-state index in [1.54, 1.807) is 19.2 Å². The molecule has 1 aromatic carbocycles. The minimum absolute atomic E-state index is 0.454. The van der Waals surface area contributed by atoms with Gasteiger partial charge < -0.3 is 19.7 Å². The zero-order valence-electron chi connectivity index (χ0n) is 11.3. The van der Waals surface area contributed by atoms with Gasteiger partial charge in [-0.05, 0) is 24.5 Å². The van der Waals surface area contributed by atoms with Crippen LogP contribution in [-0.4, -0.2) is 30.5 Å². The van der Waals surface area contributed by atoms with Crippen molar-refractivity contribution in [3.8, 4) is 17.2 Å². The third kappa shape index (κ3) is 2.60. The number of ether oxygens (including phenoxy) is 2. The van der Waals surface area contributed by atoms with Crippen molar-refractivity contribution < 1.29 is 14.0 Å². The quantitative estimate of drug-likeness (QED) is 0.858. The second-order valence-corrected chi connectivity index (χ2v) is 4.91. The Kier molecular flexibility index (Phi) is 3.56. The van der Waals surface area contributed by atoms with E-state index in [2.05, 4.69) is 10.1 Å². The molecular weight excluding hydrogens is 258 g/mol. The van der Waals surface area contributed by atoms with Gasteiger partial charge in [-0.25, -0.2) is 0 Å². The van der Waals surface area contributed by atoms with Gasteiger partial charge in [0, 0.05) is 31.4 Å². The number of nitrogen functional groups attached to an aromatic ring is 1. The summed E-state index contributed by atoms with van der Waals surface area (Å²) in [6, 6.07) is 5.35. The minimum Gasteiger partial charge on any atom is -0.496 e. The van der Waals surface area contributed by atoms with Crippen molar-refractivity contribution in [3.63, 3.8) is 0 Å². The van der Waals surface area contributed by atoms with Gasteiger partial charge in [0.1, 0.15) is 5.75 Å². The Morgan fingerprint density at radius 1 is 1.45 bits per heavy atom. The second kappa shape index (κ2) is 5.50. The number of benzene rings is 1. The second-order valence-electron chi connectivity index (χ2n) is 4.91. The van der Waals surface area contributed by atoms with E-state index in [0.29, 0.717) is 29.1 Å². The number of nitrogens with two attached hydrogens (primary N) is 1. The summed E-state index contributed by atoms with van der Waals surface area (Å²) in [7, 11) is 1.59. The molecule has 2 heterocycles. The van der Waals surface area contributed by atoms with Gasteiger partial charge in [-0.1, -0.05) is 5.16 Å². The number of hydrogen-bond donors (Lipinski definition) is 1. The first-order valence-electron chi connectivity index (χ1n) is 6.60. The van der Waals surface area contributed by atoms with E-state index in [9.17, 15) is 0 Å². The highest BCUT2D eigenvalue weighted by Gasteiger charge is 2.20. The van der Waals surface area contributed by atoms with E-state index < -0.39 is 0 Å². The van der Waals surface area contributed by atoms with Gasteiger partial charge in [-0.15, -0.1) is 0 Å². The summed E-state index contributed by atoms with van der Waals surface area (Å²) in [4.78, 5) is 4.43. The zero-order chi connectivity index (χ0) is 13.9. The van der Waals surface area contributed by atoms with E-state index in [1.807, 2.05) is 6.07 Å². The van der Waals surface area contributed by atoms with E-state index in [1.165, 1.54) is 0 Å². The summed E-state index contributed by atoms with van der Waals surface area (Å²) >= 11 is 0. The summed E-state index contributed by atoms with van der Waals surface area (Å²) in [5.41, 5.74) is 7.12. The van der Waals surface area contributed by atoms with Crippen molar-refractivity contribution in [2.75, 3.05) is 26.1 Å². The Bertz CT molecular complexity index is 591. The van der Waals surface area contributed by atoms with Gasteiger partial charge in [0.05, 0.1) is 12.7 Å². The highest BCUT2D eigenvalue weighted by molar-refractivity contribution is 5.66. The fourth-order valence-electron chi connectivity index (χ4n) is 2.33. The fourth-order valence-corrected chi connectivity index (χ4v) is 2.33. The maximum atomic E-state index is 5.73. The van der Waals surface area contributed by atoms with Crippen molar-refractivity contribution in [2.45, 2.75) is 12.8 Å². The van der Waals surface area contributed by atoms with Crippen LogP contribution >= 0.6 is 0 Å². The highest BCUT2D eigenvalue weighted by atomic mass is 16.5. The van der Waals surface area contributed by atoms with Gasteiger partial charge in [0.15, 0.2) is 5.82 Å². The van der Waals surface area contributed by atoms with Crippen molar-refractivity contribution in [1.82, 2.24) is 10.1 Å². The molecule has 1 unspecified atom stereocenters. The van der Waals surface area contributed by atoms with Gasteiger partial charge in [-0.2, -0.15) is 4.98 Å². The van der Waals surface area contributed by atoms with Crippen molar-refractivity contribution in [2.24, 2.45) is 5.92 Å². The Balaban J connectivity index is 1.82. The maximum Gasteiger partial charge on any atom is 0.261 e. The molecule has 106 valence electrons. The molecule has 20 heavy (non-hydrogen) atoms. The lowest BCUT2D eigenvalue weighted by atomic mass is 10.1. The van der Waals surface area contributed by atoms with Crippen molar-refractivity contribution in [3.05, 3.63) is 24.0 Å². The molecule has 6 heteroatoms. The number of methoxy groups -OCH3 is 1. The third-order valence-electron chi connectivity index (χ3n) is 3.42. The molecule has 1 aromatic heterocycles. The van der Waals surface area contributed by atoms with Crippen LogP contribution in [0.15, 0.2) is 22.7 Å². The Hall–Kier alpha value is -2.08. The standard InChI is InChI=1S/C14H17N3O3/c1-18-12-7-10(15)2-3-11(12)14-16-13(17-20-14)6-9-4-5-19-8-9/h2-3,7,9H,4-6,8,15H2,1H3. The Labute approximate surface area is 116 Å². The van der Waals surface area contributed by atoms with Gasteiger partial charge in [0.2, 0.25) is 0 Å². The predicted octanol–water partition coefficient (Wildman–Crippen LogP) is 1.91.